The van der Waals surface area contributed by atoms with Crippen LogP contribution in [0.15, 0.2) is 24.3 Å². The van der Waals surface area contributed by atoms with Gasteiger partial charge in [-0.1, -0.05) is 12.1 Å². The standard InChI is InChI=1S/C18H21N5O/c1-4-24-13-7-5-12(6-8-13)9-14-10(2)15-16(19)22-18(20)23-17(15)21-11(14)3/h5-8H,4,9H2,1-3H3,(H4,19,20,21,22,23). The summed E-state index contributed by atoms with van der Waals surface area (Å²) in [6, 6.07) is 8.10. The van der Waals surface area contributed by atoms with Gasteiger partial charge in [-0.2, -0.15) is 9.97 Å². The van der Waals surface area contributed by atoms with Crippen molar-refractivity contribution in [2.75, 3.05) is 18.1 Å². The Hall–Kier alpha value is -2.89. The largest absolute Gasteiger partial charge is 0.494 e. The van der Waals surface area contributed by atoms with E-state index in [9.17, 15) is 0 Å². The van der Waals surface area contributed by atoms with Gasteiger partial charge in [0, 0.05) is 5.69 Å². The van der Waals surface area contributed by atoms with Crippen LogP contribution in [0.4, 0.5) is 11.8 Å². The SMILES string of the molecule is CCOc1ccc(Cc2c(C)nc3nc(N)nc(N)c3c2C)cc1. The summed E-state index contributed by atoms with van der Waals surface area (Å²) in [5.74, 6) is 1.39. The molecule has 6 nitrogen and oxygen atoms in total. The number of nitrogens with two attached hydrogens (primary N) is 2. The molecule has 0 radical (unpaired) electrons. The zero-order chi connectivity index (χ0) is 17.3. The first-order valence-electron chi connectivity index (χ1n) is 7.90. The molecule has 0 amide bonds. The van der Waals surface area contributed by atoms with Crippen molar-refractivity contribution in [3.8, 4) is 5.75 Å². The second-order valence-corrected chi connectivity index (χ2v) is 5.72. The zero-order valence-electron chi connectivity index (χ0n) is 14.1. The highest BCUT2D eigenvalue weighted by Crippen LogP contribution is 2.28. The number of aryl methyl sites for hydroxylation is 2. The molecule has 124 valence electrons. The molecular weight excluding hydrogens is 302 g/mol. The molecule has 0 atom stereocenters. The highest BCUT2D eigenvalue weighted by atomic mass is 16.5. The lowest BCUT2D eigenvalue weighted by molar-refractivity contribution is 0.340. The average Bonchev–Trinajstić information content (AvgIpc) is 2.52. The molecule has 2 heterocycles. The monoisotopic (exact) mass is 323 g/mol. The minimum Gasteiger partial charge on any atom is -0.494 e. The normalized spacial score (nSPS) is 11.0. The summed E-state index contributed by atoms with van der Waals surface area (Å²) < 4.78 is 5.49. The van der Waals surface area contributed by atoms with E-state index >= 15 is 0 Å². The fourth-order valence-electron chi connectivity index (χ4n) is 2.91. The van der Waals surface area contributed by atoms with Gasteiger partial charge < -0.3 is 16.2 Å². The number of hydrogen-bond donors (Lipinski definition) is 2. The van der Waals surface area contributed by atoms with Gasteiger partial charge in [-0.25, -0.2) is 4.98 Å². The maximum Gasteiger partial charge on any atom is 0.224 e. The Kier molecular flexibility index (Phi) is 4.20. The van der Waals surface area contributed by atoms with E-state index < -0.39 is 0 Å². The summed E-state index contributed by atoms with van der Waals surface area (Å²) in [5.41, 5.74) is 16.5. The predicted octanol–water partition coefficient (Wildman–Crippen LogP) is 2.80. The van der Waals surface area contributed by atoms with Crippen LogP contribution in [0.5, 0.6) is 5.75 Å². The van der Waals surface area contributed by atoms with Gasteiger partial charge in [-0.3, -0.25) is 0 Å². The summed E-state index contributed by atoms with van der Waals surface area (Å²) >= 11 is 0. The van der Waals surface area contributed by atoms with Crippen LogP contribution in [-0.2, 0) is 6.42 Å². The molecule has 0 aliphatic carbocycles. The molecule has 2 aromatic heterocycles. The minimum absolute atomic E-state index is 0.144. The smallest absolute Gasteiger partial charge is 0.224 e. The van der Waals surface area contributed by atoms with E-state index in [1.807, 2.05) is 32.9 Å². The fraction of sp³-hybridized carbons (Fsp3) is 0.278. The first-order valence-corrected chi connectivity index (χ1v) is 7.90. The molecule has 1 aromatic carbocycles. The van der Waals surface area contributed by atoms with E-state index in [2.05, 4.69) is 27.1 Å². The number of benzene rings is 1. The third-order valence-corrected chi connectivity index (χ3v) is 4.09. The number of hydrogen-bond acceptors (Lipinski definition) is 6. The van der Waals surface area contributed by atoms with Gasteiger partial charge in [-0.05, 0) is 56.0 Å². The highest BCUT2D eigenvalue weighted by Gasteiger charge is 2.14. The van der Waals surface area contributed by atoms with Crippen molar-refractivity contribution >= 4 is 22.8 Å². The number of rotatable bonds is 4. The summed E-state index contributed by atoms with van der Waals surface area (Å²) in [4.78, 5) is 12.8. The van der Waals surface area contributed by atoms with Crippen LogP contribution in [0.2, 0.25) is 0 Å². The Bertz CT molecular complexity index is 890. The van der Waals surface area contributed by atoms with Crippen molar-refractivity contribution in [1.29, 1.82) is 0 Å². The van der Waals surface area contributed by atoms with E-state index in [4.69, 9.17) is 16.2 Å². The second kappa shape index (κ2) is 6.31. The Labute approximate surface area is 140 Å². The molecule has 6 heteroatoms. The van der Waals surface area contributed by atoms with Gasteiger partial charge in [0.25, 0.3) is 0 Å². The number of anilines is 2. The summed E-state index contributed by atoms with van der Waals surface area (Å²) in [7, 11) is 0. The van der Waals surface area contributed by atoms with Crippen LogP contribution in [0.1, 0.15) is 29.3 Å². The molecule has 0 saturated carbocycles. The number of ether oxygens (including phenoxy) is 1. The van der Waals surface area contributed by atoms with Crippen LogP contribution in [0.25, 0.3) is 11.0 Å². The van der Waals surface area contributed by atoms with Gasteiger partial charge in [0.2, 0.25) is 5.95 Å². The molecule has 0 aliphatic rings. The lowest BCUT2D eigenvalue weighted by Crippen LogP contribution is -2.07. The molecule has 0 bridgehead atoms. The molecular formula is C18H21N5O. The Morgan fingerprint density at radius 2 is 1.71 bits per heavy atom. The van der Waals surface area contributed by atoms with Crippen LogP contribution in [0.3, 0.4) is 0 Å². The second-order valence-electron chi connectivity index (χ2n) is 5.72. The average molecular weight is 323 g/mol. The maximum absolute atomic E-state index is 6.04. The molecule has 0 fully saturated rings. The lowest BCUT2D eigenvalue weighted by atomic mass is 9.97. The van der Waals surface area contributed by atoms with Crippen LogP contribution in [-0.4, -0.2) is 21.6 Å². The van der Waals surface area contributed by atoms with Crippen molar-refractivity contribution in [3.05, 3.63) is 46.6 Å². The van der Waals surface area contributed by atoms with Crippen LogP contribution >= 0.6 is 0 Å². The summed E-state index contributed by atoms with van der Waals surface area (Å²) in [6.45, 7) is 6.64. The summed E-state index contributed by atoms with van der Waals surface area (Å²) in [6.07, 6.45) is 0.761. The first-order chi connectivity index (χ1) is 11.5. The van der Waals surface area contributed by atoms with Gasteiger partial charge in [-0.15, -0.1) is 0 Å². The lowest BCUT2D eigenvalue weighted by Gasteiger charge is -2.14. The number of aromatic nitrogens is 3. The first kappa shape index (κ1) is 16.0. The maximum atomic E-state index is 6.04. The number of pyridine rings is 1. The molecule has 0 aliphatic heterocycles. The van der Waals surface area contributed by atoms with E-state index in [1.165, 1.54) is 5.56 Å². The molecule has 3 aromatic rings. The molecule has 24 heavy (non-hydrogen) atoms. The van der Waals surface area contributed by atoms with E-state index in [1.54, 1.807) is 0 Å². The van der Waals surface area contributed by atoms with Crippen molar-refractivity contribution in [1.82, 2.24) is 15.0 Å². The Balaban J connectivity index is 2.03. The molecule has 0 saturated heterocycles. The highest BCUT2D eigenvalue weighted by molar-refractivity contribution is 5.90. The molecule has 0 unspecified atom stereocenters. The number of nitrogens with zero attached hydrogens (tertiary/aromatic N) is 3. The Morgan fingerprint density at radius 3 is 2.38 bits per heavy atom. The van der Waals surface area contributed by atoms with Crippen LogP contribution < -0.4 is 16.2 Å². The van der Waals surface area contributed by atoms with Gasteiger partial charge in [0.15, 0.2) is 5.65 Å². The van der Waals surface area contributed by atoms with E-state index in [0.717, 1.165) is 34.4 Å². The molecule has 0 spiro atoms. The Morgan fingerprint density at radius 1 is 1.00 bits per heavy atom. The molecule has 3 rings (SSSR count). The van der Waals surface area contributed by atoms with Gasteiger partial charge in [0.05, 0.1) is 12.0 Å². The third-order valence-electron chi connectivity index (χ3n) is 4.09. The van der Waals surface area contributed by atoms with Gasteiger partial charge in [0.1, 0.15) is 11.6 Å². The van der Waals surface area contributed by atoms with E-state index in [-0.39, 0.29) is 5.95 Å². The van der Waals surface area contributed by atoms with Crippen LogP contribution in [0, 0.1) is 13.8 Å². The fourth-order valence-corrected chi connectivity index (χ4v) is 2.91. The predicted molar refractivity (Wildman–Crippen MR) is 96.0 cm³/mol. The van der Waals surface area contributed by atoms with Gasteiger partial charge >= 0.3 is 0 Å². The van der Waals surface area contributed by atoms with E-state index in [0.29, 0.717) is 18.1 Å². The topological polar surface area (TPSA) is 99.9 Å². The molecule has 4 N–H and O–H groups in total. The van der Waals surface area contributed by atoms with Crippen molar-refractivity contribution in [2.45, 2.75) is 27.2 Å². The minimum atomic E-state index is 0.144. The number of fused-ring (bicyclic) bond motifs is 1. The summed E-state index contributed by atoms with van der Waals surface area (Å²) in [5, 5.41) is 0.774. The third kappa shape index (κ3) is 2.95. The van der Waals surface area contributed by atoms with Crippen molar-refractivity contribution in [3.63, 3.8) is 0 Å². The number of nitrogen functional groups attached to an aromatic ring is 2. The van der Waals surface area contributed by atoms with Crippen molar-refractivity contribution in [2.24, 2.45) is 0 Å². The van der Waals surface area contributed by atoms with Crippen molar-refractivity contribution < 1.29 is 4.74 Å². The zero-order valence-corrected chi connectivity index (χ0v) is 14.1. The quantitative estimate of drug-likeness (QED) is 0.766.